The summed E-state index contributed by atoms with van der Waals surface area (Å²) in [6.07, 6.45) is 3.03. The normalized spacial score (nSPS) is 17.4. The van der Waals surface area contributed by atoms with Crippen molar-refractivity contribution in [2.24, 2.45) is 5.92 Å². The number of carbonyl (C=O) groups is 1. The van der Waals surface area contributed by atoms with Crippen molar-refractivity contribution in [1.82, 2.24) is 24.8 Å². The Morgan fingerprint density at radius 3 is 2.76 bits per heavy atom. The lowest BCUT2D eigenvalue weighted by Crippen LogP contribution is -2.25. The number of carboxylic acid groups (broad SMARTS) is 1. The van der Waals surface area contributed by atoms with E-state index in [1.807, 2.05) is 23.8 Å². The minimum Gasteiger partial charge on any atom is -0.481 e. The topological polar surface area (TPSA) is 110 Å². The van der Waals surface area contributed by atoms with Crippen LogP contribution in [0.3, 0.4) is 0 Å². The lowest BCUT2D eigenvalue weighted by Gasteiger charge is -2.23. The van der Waals surface area contributed by atoms with Gasteiger partial charge in [-0.1, -0.05) is 31.1 Å². The van der Waals surface area contributed by atoms with E-state index in [2.05, 4.69) is 36.0 Å². The van der Waals surface area contributed by atoms with E-state index < -0.39 is 5.97 Å². The molecule has 1 fully saturated rings. The average Bonchev–Trinajstić information content (AvgIpc) is 3.35. The molecular formula is C20H26N6O3. The predicted octanol–water partition coefficient (Wildman–Crippen LogP) is 2.77. The summed E-state index contributed by atoms with van der Waals surface area (Å²) in [6.45, 7) is 10.1. The number of aryl methyl sites for hydroxylation is 1. The van der Waals surface area contributed by atoms with Crippen LogP contribution in [0.2, 0.25) is 0 Å². The maximum atomic E-state index is 11.1. The summed E-state index contributed by atoms with van der Waals surface area (Å²) in [5.74, 6) is 1.03. The fraction of sp³-hybridized carbons (Fsp3) is 0.550. The molecule has 0 spiro atoms. The minimum atomic E-state index is -0.747. The molecular weight excluding hydrogens is 372 g/mol. The number of nitrogens with zero attached hydrogens (tertiary/aromatic N) is 6. The second-order valence-electron chi connectivity index (χ2n) is 8.80. The zero-order valence-corrected chi connectivity index (χ0v) is 17.2. The van der Waals surface area contributed by atoms with Crippen LogP contribution in [-0.2, 0) is 16.8 Å². The summed E-state index contributed by atoms with van der Waals surface area (Å²) < 4.78 is 6.87. The van der Waals surface area contributed by atoms with Gasteiger partial charge in [-0.3, -0.25) is 4.79 Å². The van der Waals surface area contributed by atoms with Gasteiger partial charge in [-0.25, -0.2) is 14.6 Å². The third kappa shape index (κ3) is 3.81. The highest BCUT2D eigenvalue weighted by Gasteiger charge is 2.29. The van der Waals surface area contributed by atoms with Crippen LogP contribution < -0.4 is 4.90 Å². The predicted molar refractivity (Wildman–Crippen MR) is 107 cm³/mol. The van der Waals surface area contributed by atoms with Crippen LogP contribution >= 0.6 is 0 Å². The molecule has 0 amide bonds. The summed E-state index contributed by atoms with van der Waals surface area (Å²) >= 11 is 0. The van der Waals surface area contributed by atoms with Crippen molar-refractivity contribution in [3.63, 3.8) is 0 Å². The molecule has 29 heavy (non-hydrogen) atoms. The van der Waals surface area contributed by atoms with Gasteiger partial charge < -0.3 is 14.6 Å². The van der Waals surface area contributed by atoms with Gasteiger partial charge in [0.25, 0.3) is 0 Å². The number of aromatic nitrogens is 5. The molecule has 0 radical (unpaired) electrons. The second-order valence-corrected chi connectivity index (χ2v) is 8.80. The number of hydrogen-bond donors (Lipinski definition) is 1. The van der Waals surface area contributed by atoms with E-state index in [0.29, 0.717) is 13.1 Å². The molecule has 0 bridgehead atoms. The number of carboxylic acids is 1. The fourth-order valence-electron chi connectivity index (χ4n) is 3.75. The fourth-order valence-corrected chi connectivity index (χ4v) is 3.75. The van der Waals surface area contributed by atoms with Crippen molar-refractivity contribution in [2.75, 3.05) is 18.0 Å². The zero-order chi connectivity index (χ0) is 20.8. The van der Waals surface area contributed by atoms with Crippen LogP contribution in [0, 0.1) is 12.8 Å². The van der Waals surface area contributed by atoms with Crippen LogP contribution in [0.4, 0.5) is 5.82 Å². The smallest absolute Gasteiger partial charge is 0.303 e. The van der Waals surface area contributed by atoms with E-state index in [0.717, 1.165) is 47.0 Å². The van der Waals surface area contributed by atoms with Crippen LogP contribution in [0.5, 0.6) is 0 Å². The molecule has 1 aliphatic rings. The number of aliphatic carboxylic acids is 1. The van der Waals surface area contributed by atoms with E-state index in [1.54, 1.807) is 0 Å². The third-order valence-corrected chi connectivity index (χ3v) is 5.38. The average molecular weight is 398 g/mol. The summed E-state index contributed by atoms with van der Waals surface area (Å²) in [5, 5.41) is 17.9. The first-order valence-corrected chi connectivity index (χ1v) is 9.84. The molecule has 9 nitrogen and oxygen atoms in total. The molecule has 1 aliphatic heterocycles. The first-order chi connectivity index (χ1) is 13.7. The Bertz CT molecular complexity index is 1050. The molecule has 0 saturated carbocycles. The molecule has 1 atom stereocenters. The molecule has 1 saturated heterocycles. The van der Waals surface area contributed by atoms with Gasteiger partial charge in [0.05, 0.1) is 11.9 Å². The molecule has 0 aromatic carbocycles. The number of rotatable bonds is 5. The Morgan fingerprint density at radius 1 is 1.31 bits per heavy atom. The largest absolute Gasteiger partial charge is 0.481 e. The monoisotopic (exact) mass is 398 g/mol. The summed E-state index contributed by atoms with van der Waals surface area (Å²) in [6, 6.07) is 2.02. The third-order valence-electron chi connectivity index (χ3n) is 5.38. The van der Waals surface area contributed by atoms with Crippen molar-refractivity contribution in [3.8, 4) is 0 Å². The highest BCUT2D eigenvalue weighted by molar-refractivity contribution is 5.88. The van der Waals surface area contributed by atoms with Gasteiger partial charge in [0.2, 0.25) is 0 Å². The van der Waals surface area contributed by atoms with Gasteiger partial charge in [-0.05, 0) is 25.3 Å². The highest BCUT2D eigenvalue weighted by atomic mass is 16.6. The van der Waals surface area contributed by atoms with Gasteiger partial charge in [0.15, 0.2) is 0 Å². The highest BCUT2D eigenvalue weighted by Crippen LogP contribution is 2.33. The molecule has 1 unspecified atom stereocenters. The van der Waals surface area contributed by atoms with E-state index in [9.17, 15) is 4.79 Å². The summed E-state index contributed by atoms with van der Waals surface area (Å²) in [7, 11) is 0. The van der Waals surface area contributed by atoms with Crippen LogP contribution in [0.15, 0.2) is 16.9 Å². The number of anilines is 1. The molecule has 3 aromatic heterocycles. The van der Waals surface area contributed by atoms with Crippen LogP contribution in [-0.4, -0.2) is 49.0 Å². The molecule has 154 valence electrons. The van der Waals surface area contributed by atoms with Gasteiger partial charge in [0.1, 0.15) is 28.7 Å². The molecule has 4 rings (SSSR count). The van der Waals surface area contributed by atoms with E-state index in [4.69, 9.17) is 19.7 Å². The first-order valence-electron chi connectivity index (χ1n) is 9.84. The standard InChI is InChI=1S/C20H26N6O3/c1-12-15(24-29-23-12)11-26-8-6-14-17(21-19(20(2,3)4)22-18(14)26)25-7-5-13(10-25)9-16(27)28/h6,8,13H,5,7,9-11H2,1-4H3,(H,27,28). The molecule has 0 aliphatic carbocycles. The Hall–Kier alpha value is -2.97. The Kier molecular flexibility index (Phi) is 4.76. The lowest BCUT2D eigenvalue weighted by atomic mass is 9.95. The number of hydrogen-bond acceptors (Lipinski definition) is 7. The maximum absolute atomic E-state index is 11.1. The Morgan fingerprint density at radius 2 is 2.10 bits per heavy atom. The summed E-state index contributed by atoms with van der Waals surface area (Å²) in [5.41, 5.74) is 2.14. The van der Waals surface area contributed by atoms with Crippen LogP contribution in [0.25, 0.3) is 11.0 Å². The van der Waals surface area contributed by atoms with E-state index in [-0.39, 0.29) is 17.8 Å². The van der Waals surface area contributed by atoms with Crippen molar-refractivity contribution >= 4 is 22.8 Å². The van der Waals surface area contributed by atoms with Crippen molar-refractivity contribution in [1.29, 1.82) is 0 Å². The Balaban J connectivity index is 1.76. The lowest BCUT2D eigenvalue weighted by molar-refractivity contribution is -0.137. The Labute approximate surface area is 168 Å². The van der Waals surface area contributed by atoms with Gasteiger partial charge >= 0.3 is 5.97 Å². The molecule has 4 heterocycles. The SMILES string of the molecule is Cc1nonc1Cn1ccc2c(N3CCC(CC(=O)O)C3)nc(C(C)(C)C)nc21. The number of fused-ring (bicyclic) bond motifs is 1. The first kappa shape index (κ1) is 19.4. The van der Waals surface area contributed by atoms with Gasteiger partial charge in [-0.2, -0.15) is 0 Å². The molecule has 9 heteroatoms. The quantitative estimate of drug-likeness (QED) is 0.698. The molecule has 1 N–H and O–H groups in total. The van der Waals surface area contributed by atoms with E-state index in [1.165, 1.54) is 0 Å². The summed E-state index contributed by atoms with van der Waals surface area (Å²) in [4.78, 5) is 23.1. The maximum Gasteiger partial charge on any atom is 0.303 e. The van der Waals surface area contributed by atoms with Crippen molar-refractivity contribution in [3.05, 3.63) is 29.5 Å². The van der Waals surface area contributed by atoms with Crippen LogP contribution in [0.1, 0.15) is 50.8 Å². The van der Waals surface area contributed by atoms with Crippen molar-refractivity contribution in [2.45, 2.75) is 52.5 Å². The van der Waals surface area contributed by atoms with Crippen molar-refractivity contribution < 1.29 is 14.5 Å². The zero-order valence-electron chi connectivity index (χ0n) is 17.2. The van der Waals surface area contributed by atoms with Gasteiger partial charge in [-0.15, -0.1) is 0 Å². The van der Waals surface area contributed by atoms with Gasteiger partial charge in [0, 0.05) is 31.1 Å². The minimum absolute atomic E-state index is 0.140. The second kappa shape index (κ2) is 7.13. The molecule has 3 aromatic rings. The van der Waals surface area contributed by atoms with E-state index >= 15 is 0 Å².